The molecular formula is C20H38N2. The Kier molecular flexibility index (Phi) is 7.52. The molecule has 0 saturated carbocycles. The fourth-order valence-electron chi connectivity index (χ4n) is 2.93. The van der Waals surface area contributed by atoms with Crippen molar-refractivity contribution in [1.82, 2.24) is 10.6 Å². The molecule has 1 aliphatic rings. The highest BCUT2D eigenvalue weighted by Gasteiger charge is 2.28. The van der Waals surface area contributed by atoms with Crippen LogP contribution >= 0.6 is 0 Å². The van der Waals surface area contributed by atoms with E-state index in [4.69, 9.17) is 0 Å². The monoisotopic (exact) mass is 306 g/mol. The van der Waals surface area contributed by atoms with Crippen LogP contribution in [0.2, 0.25) is 0 Å². The van der Waals surface area contributed by atoms with Gasteiger partial charge in [-0.2, -0.15) is 0 Å². The quantitative estimate of drug-likeness (QED) is 0.593. The molecule has 0 bridgehead atoms. The van der Waals surface area contributed by atoms with Crippen LogP contribution in [0.15, 0.2) is 22.8 Å². The third kappa shape index (κ3) is 4.08. The molecule has 0 fully saturated rings. The average Bonchev–Trinajstić information content (AvgIpc) is 2.57. The minimum atomic E-state index is 0.578. The van der Waals surface area contributed by atoms with Gasteiger partial charge in [-0.3, -0.25) is 0 Å². The van der Waals surface area contributed by atoms with Crippen molar-refractivity contribution < 1.29 is 0 Å². The topological polar surface area (TPSA) is 24.1 Å². The molecule has 1 aliphatic heterocycles. The fraction of sp³-hybridized carbons (Fsp3) is 0.800. The summed E-state index contributed by atoms with van der Waals surface area (Å²) in [6.07, 6.45) is 4.71. The van der Waals surface area contributed by atoms with Crippen LogP contribution in [0.4, 0.5) is 0 Å². The van der Waals surface area contributed by atoms with Crippen LogP contribution < -0.4 is 10.6 Å². The molecule has 0 saturated heterocycles. The maximum Gasteiger partial charge on any atom is 0.0376 e. The molecule has 0 spiro atoms. The zero-order chi connectivity index (χ0) is 16.9. The summed E-state index contributed by atoms with van der Waals surface area (Å²) in [6, 6.07) is 0. The van der Waals surface area contributed by atoms with E-state index in [1.165, 1.54) is 48.5 Å². The molecule has 4 unspecified atom stereocenters. The predicted molar refractivity (Wildman–Crippen MR) is 98.1 cm³/mol. The molecule has 0 aromatic rings. The summed E-state index contributed by atoms with van der Waals surface area (Å²) in [7, 11) is 0. The third-order valence-corrected chi connectivity index (χ3v) is 5.54. The van der Waals surface area contributed by atoms with Gasteiger partial charge in [0.25, 0.3) is 0 Å². The Morgan fingerprint density at radius 2 is 0.682 bits per heavy atom. The number of nitrogens with one attached hydrogen (secondary N) is 2. The normalized spacial score (nSPS) is 21.1. The van der Waals surface area contributed by atoms with Crippen molar-refractivity contribution in [3.63, 3.8) is 0 Å². The summed E-state index contributed by atoms with van der Waals surface area (Å²) in [4.78, 5) is 0. The van der Waals surface area contributed by atoms with Crippen LogP contribution in [0.25, 0.3) is 0 Å². The zero-order valence-electron chi connectivity index (χ0n) is 16.1. The molecule has 2 heteroatoms. The molecule has 128 valence electrons. The molecule has 0 aromatic heterocycles. The van der Waals surface area contributed by atoms with Crippen LogP contribution in [0.5, 0.6) is 0 Å². The van der Waals surface area contributed by atoms with Crippen molar-refractivity contribution in [2.24, 2.45) is 23.7 Å². The fourth-order valence-corrected chi connectivity index (χ4v) is 2.93. The summed E-state index contributed by atoms with van der Waals surface area (Å²) in [6.45, 7) is 18.5. The maximum absolute atomic E-state index is 3.88. The van der Waals surface area contributed by atoms with Gasteiger partial charge >= 0.3 is 0 Å². The van der Waals surface area contributed by atoms with E-state index in [9.17, 15) is 0 Å². The SMILES string of the molecule is CCC(C)C1=C(C(C)CC)NC(C(C)CC)=C(C(C)CC)N1. The molecule has 4 atom stereocenters. The van der Waals surface area contributed by atoms with Gasteiger partial charge < -0.3 is 10.6 Å². The van der Waals surface area contributed by atoms with Gasteiger partial charge in [-0.05, 0) is 49.4 Å². The molecule has 22 heavy (non-hydrogen) atoms. The van der Waals surface area contributed by atoms with Gasteiger partial charge in [-0.1, -0.05) is 55.4 Å². The van der Waals surface area contributed by atoms with Crippen LogP contribution in [0, 0.1) is 23.7 Å². The lowest BCUT2D eigenvalue weighted by molar-refractivity contribution is 0.458. The van der Waals surface area contributed by atoms with E-state index in [1.54, 1.807) is 0 Å². The van der Waals surface area contributed by atoms with Crippen LogP contribution in [0.3, 0.4) is 0 Å². The van der Waals surface area contributed by atoms with Crippen molar-refractivity contribution in [3.8, 4) is 0 Å². The first-order valence-electron chi connectivity index (χ1n) is 9.43. The number of hydrogen-bond donors (Lipinski definition) is 2. The number of allylic oxidation sites excluding steroid dienone is 4. The molecule has 2 N–H and O–H groups in total. The number of hydrogen-bond acceptors (Lipinski definition) is 2. The van der Waals surface area contributed by atoms with Crippen molar-refractivity contribution in [3.05, 3.63) is 22.8 Å². The minimum absolute atomic E-state index is 0.578. The Morgan fingerprint density at radius 1 is 0.500 bits per heavy atom. The Hall–Kier alpha value is -0.920. The van der Waals surface area contributed by atoms with Gasteiger partial charge in [0, 0.05) is 22.8 Å². The Bertz CT molecular complexity index is 343. The molecule has 0 aliphatic carbocycles. The molecule has 1 heterocycles. The molecule has 1 rings (SSSR count). The van der Waals surface area contributed by atoms with Crippen molar-refractivity contribution in [2.75, 3.05) is 0 Å². The summed E-state index contributed by atoms with van der Waals surface area (Å²) in [5.74, 6) is 2.31. The van der Waals surface area contributed by atoms with Crippen molar-refractivity contribution in [2.45, 2.75) is 81.1 Å². The van der Waals surface area contributed by atoms with Gasteiger partial charge in [0.15, 0.2) is 0 Å². The van der Waals surface area contributed by atoms with E-state index in [0.29, 0.717) is 23.7 Å². The summed E-state index contributed by atoms with van der Waals surface area (Å²) >= 11 is 0. The van der Waals surface area contributed by atoms with E-state index >= 15 is 0 Å². The minimum Gasteiger partial charge on any atom is -0.359 e. The van der Waals surface area contributed by atoms with Crippen LogP contribution in [-0.2, 0) is 0 Å². The highest BCUT2D eigenvalue weighted by molar-refractivity contribution is 5.33. The van der Waals surface area contributed by atoms with Crippen molar-refractivity contribution in [1.29, 1.82) is 0 Å². The van der Waals surface area contributed by atoms with E-state index in [1.807, 2.05) is 0 Å². The van der Waals surface area contributed by atoms with Gasteiger partial charge in [-0.25, -0.2) is 0 Å². The first-order chi connectivity index (χ1) is 10.4. The standard InChI is InChI=1S/C20H38N2/c1-9-13(5)17-18(14(6)10-2)22-20(16(8)12-4)19(21-17)15(7)11-3/h13-16,21-22H,9-12H2,1-8H3. The smallest absolute Gasteiger partial charge is 0.0376 e. The number of rotatable bonds is 8. The third-order valence-electron chi connectivity index (χ3n) is 5.54. The maximum atomic E-state index is 3.88. The summed E-state index contributed by atoms with van der Waals surface area (Å²) in [5, 5.41) is 7.76. The second-order valence-electron chi connectivity index (χ2n) is 7.14. The first kappa shape index (κ1) is 19.1. The molecule has 0 aromatic carbocycles. The van der Waals surface area contributed by atoms with Crippen LogP contribution in [-0.4, -0.2) is 0 Å². The molecule has 0 amide bonds. The summed E-state index contributed by atoms with van der Waals surface area (Å²) in [5.41, 5.74) is 5.72. The van der Waals surface area contributed by atoms with E-state index < -0.39 is 0 Å². The van der Waals surface area contributed by atoms with E-state index in [-0.39, 0.29) is 0 Å². The molecule has 0 radical (unpaired) electrons. The summed E-state index contributed by atoms with van der Waals surface area (Å²) < 4.78 is 0. The second kappa shape index (κ2) is 8.64. The zero-order valence-corrected chi connectivity index (χ0v) is 16.1. The van der Waals surface area contributed by atoms with Crippen molar-refractivity contribution >= 4 is 0 Å². The Morgan fingerprint density at radius 3 is 0.818 bits per heavy atom. The lowest BCUT2D eigenvalue weighted by Gasteiger charge is -2.37. The van der Waals surface area contributed by atoms with Gasteiger partial charge in [0.2, 0.25) is 0 Å². The van der Waals surface area contributed by atoms with Crippen LogP contribution in [0.1, 0.15) is 81.1 Å². The Balaban J connectivity index is 3.28. The predicted octanol–water partition coefficient (Wildman–Crippen LogP) is 5.79. The second-order valence-corrected chi connectivity index (χ2v) is 7.14. The Labute approximate surface area is 138 Å². The molecular weight excluding hydrogens is 268 g/mol. The molecule has 2 nitrogen and oxygen atoms in total. The lowest BCUT2D eigenvalue weighted by atomic mass is 9.88. The van der Waals surface area contributed by atoms with Gasteiger partial charge in [-0.15, -0.1) is 0 Å². The average molecular weight is 307 g/mol. The first-order valence-corrected chi connectivity index (χ1v) is 9.43. The lowest BCUT2D eigenvalue weighted by Crippen LogP contribution is -2.39. The highest BCUT2D eigenvalue weighted by atomic mass is 15.1. The van der Waals surface area contributed by atoms with E-state index in [0.717, 1.165) is 0 Å². The highest BCUT2D eigenvalue weighted by Crippen LogP contribution is 2.33. The van der Waals surface area contributed by atoms with Gasteiger partial charge in [0.1, 0.15) is 0 Å². The van der Waals surface area contributed by atoms with E-state index in [2.05, 4.69) is 66.0 Å². The largest absolute Gasteiger partial charge is 0.359 e. The van der Waals surface area contributed by atoms with Gasteiger partial charge in [0.05, 0.1) is 0 Å².